The highest BCUT2D eigenvalue weighted by atomic mass is 16.6. The first kappa shape index (κ1) is 12.3. The molecule has 0 fully saturated rings. The van der Waals surface area contributed by atoms with Crippen molar-refractivity contribution in [2.75, 3.05) is 5.32 Å². The number of nitro groups is 1. The maximum absolute atomic E-state index is 10.7. The fourth-order valence-electron chi connectivity index (χ4n) is 1.67. The molecule has 0 unspecified atom stereocenters. The molecule has 0 atom stereocenters. The molecule has 0 bridgehead atoms. The summed E-state index contributed by atoms with van der Waals surface area (Å²) in [6.07, 6.45) is 0. The van der Waals surface area contributed by atoms with Crippen LogP contribution in [-0.2, 0) is 0 Å². The first-order chi connectivity index (χ1) is 8.35. The summed E-state index contributed by atoms with van der Waals surface area (Å²) in [7, 11) is 0. The predicted molar refractivity (Wildman–Crippen MR) is 71.8 cm³/mol. The molecule has 1 aromatic heterocycles. The molecule has 2 rings (SSSR count). The number of hydrogen-bond donors (Lipinski definition) is 1. The highest BCUT2D eigenvalue weighted by molar-refractivity contribution is 5.82. The van der Waals surface area contributed by atoms with Crippen LogP contribution in [0.25, 0.3) is 10.9 Å². The summed E-state index contributed by atoms with van der Waals surface area (Å²) in [6.45, 7) is 6.10. The van der Waals surface area contributed by atoms with Crippen molar-refractivity contribution in [3.63, 3.8) is 0 Å². The molecule has 0 spiro atoms. The fourth-order valence-corrected chi connectivity index (χ4v) is 1.67. The number of anilines is 1. The molecule has 1 N–H and O–H groups in total. The van der Waals surface area contributed by atoms with Crippen LogP contribution in [0, 0.1) is 10.1 Å². The molecule has 5 heteroatoms. The normalized spacial score (nSPS) is 11.5. The average Bonchev–Trinajstić information content (AvgIpc) is 2.25. The van der Waals surface area contributed by atoms with E-state index in [2.05, 4.69) is 10.3 Å². The van der Waals surface area contributed by atoms with Gasteiger partial charge in [-0.05, 0) is 39.0 Å². The van der Waals surface area contributed by atoms with Crippen molar-refractivity contribution in [3.8, 4) is 0 Å². The Morgan fingerprint density at radius 3 is 2.50 bits per heavy atom. The number of rotatable bonds is 2. The van der Waals surface area contributed by atoms with Gasteiger partial charge < -0.3 is 5.32 Å². The van der Waals surface area contributed by atoms with E-state index < -0.39 is 4.92 Å². The van der Waals surface area contributed by atoms with Gasteiger partial charge in [0.05, 0.1) is 10.4 Å². The summed E-state index contributed by atoms with van der Waals surface area (Å²) < 4.78 is 0. The quantitative estimate of drug-likeness (QED) is 0.650. The van der Waals surface area contributed by atoms with Gasteiger partial charge in [-0.25, -0.2) is 4.98 Å². The van der Waals surface area contributed by atoms with Crippen LogP contribution < -0.4 is 5.32 Å². The van der Waals surface area contributed by atoms with Crippen molar-refractivity contribution in [2.45, 2.75) is 26.3 Å². The minimum absolute atomic E-state index is 0.0582. The van der Waals surface area contributed by atoms with Gasteiger partial charge in [-0.1, -0.05) is 0 Å². The zero-order valence-corrected chi connectivity index (χ0v) is 10.6. The van der Waals surface area contributed by atoms with Crippen LogP contribution >= 0.6 is 0 Å². The lowest BCUT2D eigenvalue weighted by molar-refractivity contribution is -0.384. The van der Waals surface area contributed by atoms with Gasteiger partial charge in [0.1, 0.15) is 5.82 Å². The van der Waals surface area contributed by atoms with Crippen LogP contribution in [-0.4, -0.2) is 15.4 Å². The van der Waals surface area contributed by atoms with E-state index in [-0.39, 0.29) is 11.2 Å². The third kappa shape index (κ3) is 2.74. The lowest BCUT2D eigenvalue weighted by Crippen LogP contribution is -2.26. The molecule has 0 saturated heterocycles. The van der Waals surface area contributed by atoms with Crippen molar-refractivity contribution < 1.29 is 4.92 Å². The molecule has 0 aliphatic rings. The van der Waals surface area contributed by atoms with Crippen molar-refractivity contribution in [1.82, 2.24) is 4.98 Å². The van der Waals surface area contributed by atoms with Gasteiger partial charge in [0.2, 0.25) is 0 Å². The molecular formula is C13H15N3O2. The second-order valence-electron chi connectivity index (χ2n) is 5.21. The summed E-state index contributed by atoms with van der Waals surface area (Å²) in [5, 5.41) is 14.9. The summed E-state index contributed by atoms with van der Waals surface area (Å²) in [5.41, 5.74) is 0.586. The number of pyridine rings is 1. The summed E-state index contributed by atoms with van der Waals surface area (Å²) >= 11 is 0. The molecule has 94 valence electrons. The Hall–Kier alpha value is -2.17. The number of benzene rings is 1. The van der Waals surface area contributed by atoms with E-state index in [9.17, 15) is 10.1 Å². The Bertz CT molecular complexity index is 603. The molecule has 0 saturated carbocycles. The minimum atomic E-state index is -0.412. The maximum Gasteiger partial charge on any atom is 0.271 e. The van der Waals surface area contributed by atoms with Crippen molar-refractivity contribution in [3.05, 3.63) is 40.4 Å². The molecular weight excluding hydrogens is 230 g/mol. The van der Waals surface area contributed by atoms with Gasteiger partial charge >= 0.3 is 0 Å². The van der Waals surface area contributed by atoms with Crippen LogP contribution in [0.2, 0.25) is 0 Å². The van der Waals surface area contributed by atoms with E-state index >= 15 is 0 Å². The van der Waals surface area contributed by atoms with Gasteiger partial charge in [0.25, 0.3) is 5.69 Å². The Morgan fingerprint density at radius 2 is 1.89 bits per heavy atom. The Labute approximate surface area is 105 Å². The number of hydrogen-bond acceptors (Lipinski definition) is 4. The molecule has 1 heterocycles. The van der Waals surface area contributed by atoms with E-state index in [4.69, 9.17) is 0 Å². The van der Waals surface area contributed by atoms with Gasteiger partial charge in [0.15, 0.2) is 0 Å². The zero-order valence-electron chi connectivity index (χ0n) is 10.6. The summed E-state index contributed by atoms with van der Waals surface area (Å²) in [6, 6.07) is 8.46. The van der Waals surface area contributed by atoms with Gasteiger partial charge in [-0.15, -0.1) is 0 Å². The zero-order chi connectivity index (χ0) is 13.3. The van der Waals surface area contributed by atoms with E-state index in [0.29, 0.717) is 5.52 Å². The van der Waals surface area contributed by atoms with Gasteiger partial charge in [0, 0.05) is 23.1 Å². The smallest absolute Gasteiger partial charge is 0.271 e. The number of fused-ring (bicyclic) bond motifs is 1. The fraction of sp³-hybridized carbons (Fsp3) is 0.308. The molecule has 1 aromatic carbocycles. The molecule has 0 radical (unpaired) electrons. The largest absolute Gasteiger partial charge is 0.365 e. The number of nitrogens with zero attached hydrogens (tertiary/aromatic N) is 2. The minimum Gasteiger partial charge on any atom is -0.365 e. The highest BCUT2D eigenvalue weighted by Gasteiger charge is 2.11. The summed E-state index contributed by atoms with van der Waals surface area (Å²) in [5.74, 6) is 0.718. The lowest BCUT2D eigenvalue weighted by atomic mass is 10.1. The van der Waals surface area contributed by atoms with Crippen LogP contribution in [0.5, 0.6) is 0 Å². The van der Waals surface area contributed by atoms with E-state index in [1.165, 1.54) is 12.1 Å². The van der Waals surface area contributed by atoms with Crippen LogP contribution in [0.3, 0.4) is 0 Å². The number of non-ortho nitro benzene ring substituents is 1. The lowest BCUT2D eigenvalue weighted by Gasteiger charge is -2.21. The standard InChI is InChI=1S/C13H15N3O2/c1-13(2,3)15-12-7-5-9-4-6-10(16(17)18)8-11(9)14-12/h4-8H,1-3H3,(H,14,15). The van der Waals surface area contributed by atoms with E-state index in [1.807, 2.05) is 32.9 Å². The molecule has 18 heavy (non-hydrogen) atoms. The molecule has 0 aliphatic heterocycles. The van der Waals surface area contributed by atoms with Gasteiger partial charge in [-0.3, -0.25) is 10.1 Å². The van der Waals surface area contributed by atoms with Crippen LogP contribution in [0.1, 0.15) is 20.8 Å². The Balaban J connectivity index is 2.45. The Kier molecular flexibility index (Phi) is 2.90. The third-order valence-corrected chi connectivity index (χ3v) is 2.39. The summed E-state index contributed by atoms with van der Waals surface area (Å²) in [4.78, 5) is 14.7. The highest BCUT2D eigenvalue weighted by Crippen LogP contribution is 2.22. The van der Waals surface area contributed by atoms with Crippen LogP contribution in [0.15, 0.2) is 30.3 Å². The van der Waals surface area contributed by atoms with Crippen molar-refractivity contribution >= 4 is 22.4 Å². The monoisotopic (exact) mass is 245 g/mol. The number of nitrogens with one attached hydrogen (secondary N) is 1. The number of nitro benzene ring substituents is 1. The molecule has 5 nitrogen and oxygen atoms in total. The topological polar surface area (TPSA) is 68.1 Å². The van der Waals surface area contributed by atoms with E-state index in [0.717, 1.165) is 11.2 Å². The van der Waals surface area contributed by atoms with Crippen molar-refractivity contribution in [1.29, 1.82) is 0 Å². The second kappa shape index (κ2) is 4.25. The Morgan fingerprint density at radius 1 is 1.22 bits per heavy atom. The molecule has 0 amide bonds. The average molecular weight is 245 g/mol. The number of aromatic nitrogens is 1. The van der Waals surface area contributed by atoms with Crippen LogP contribution in [0.4, 0.5) is 11.5 Å². The maximum atomic E-state index is 10.7. The second-order valence-corrected chi connectivity index (χ2v) is 5.21. The predicted octanol–water partition coefficient (Wildman–Crippen LogP) is 3.35. The van der Waals surface area contributed by atoms with Gasteiger partial charge in [-0.2, -0.15) is 0 Å². The first-order valence-corrected chi connectivity index (χ1v) is 5.68. The van der Waals surface area contributed by atoms with E-state index in [1.54, 1.807) is 6.07 Å². The third-order valence-electron chi connectivity index (χ3n) is 2.39. The van der Waals surface area contributed by atoms with Crippen molar-refractivity contribution in [2.24, 2.45) is 0 Å². The SMILES string of the molecule is CC(C)(C)Nc1ccc2ccc([N+](=O)[O-])cc2n1. The first-order valence-electron chi connectivity index (χ1n) is 5.68. The molecule has 2 aromatic rings. The molecule has 0 aliphatic carbocycles.